The largest absolute Gasteiger partial charge is 0.484 e. The third kappa shape index (κ3) is 4.13. The second-order valence-corrected chi connectivity index (χ2v) is 8.09. The zero-order valence-corrected chi connectivity index (χ0v) is 16.3. The lowest BCUT2D eigenvalue weighted by Crippen LogP contribution is -2.55. The van der Waals surface area contributed by atoms with Crippen LogP contribution in [0.3, 0.4) is 0 Å². The average Bonchev–Trinajstić information content (AvgIpc) is 2.71. The van der Waals surface area contributed by atoms with Gasteiger partial charge in [0.05, 0.1) is 0 Å². The minimum absolute atomic E-state index is 0.00683. The molecule has 2 fully saturated rings. The van der Waals surface area contributed by atoms with Gasteiger partial charge in [0.1, 0.15) is 5.75 Å². The van der Waals surface area contributed by atoms with Gasteiger partial charge in [0.15, 0.2) is 6.61 Å². The lowest BCUT2D eigenvalue weighted by molar-refractivity contribution is -0.127. The quantitative estimate of drug-likeness (QED) is 0.835. The monoisotopic (exact) mass is 380 g/mol. The van der Waals surface area contributed by atoms with Crippen molar-refractivity contribution in [1.82, 2.24) is 10.6 Å². The average molecular weight is 380 g/mol. The van der Waals surface area contributed by atoms with Crippen molar-refractivity contribution in [1.29, 1.82) is 0 Å². The van der Waals surface area contributed by atoms with Crippen LogP contribution in [0.25, 0.3) is 10.8 Å². The first-order valence-corrected chi connectivity index (χ1v) is 10.3. The number of hydrogen-bond acceptors (Lipinski definition) is 3. The van der Waals surface area contributed by atoms with Crippen LogP contribution >= 0.6 is 0 Å². The van der Waals surface area contributed by atoms with Crippen LogP contribution in [0.1, 0.15) is 39.0 Å². The highest BCUT2D eigenvalue weighted by Crippen LogP contribution is 2.36. The number of amides is 2. The Morgan fingerprint density at radius 1 is 1.18 bits per heavy atom. The van der Waals surface area contributed by atoms with E-state index >= 15 is 0 Å². The number of fused-ring (bicyclic) bond motifs is 2. The van der Waals surface area contributed by atoms with Crippen LogP contribution in [-0.4, -0.2) is 30.5 Å². The molecule has 4 atom stereocenters. The zero-order chi connectivity index (χ0) is 19.5. The minimum atomic E-state index is -0.106. The fourth-order valence-corrected chi connectivity index (χ4v) is 4.83. The smallest absolute Gasteiger partial charge is 0.258 e. The molecule has 5 heteroatoms. The first-order valence-electron chi connectivity index (χ1n) is 10.3. The number of ether oxygens (including phenoxy) is 1. The SMILES string of the molecule is CCC1CC(=O)NC2CC(NC(=O)COc3ccc4ccccc4c3)CCC12. The van der Waals surface area contributed by atoms with Gasteiger partial charge in [-0.25, -0.2) is 0 Å². The van der Waals surface area contributed by atoms with Crippen molar-refractivity contribution in [3.05, 3.63) is 42.5 Å². The summed E-state index contributed by atoms with van der Waals surface area (Å²) in [4.78, 5) is 24.3. The number of carbonyl (C=O) groups is 2. The molecule has 4 unspecified atom stereocenters. The van der Waals surface area contributed by atoms with Crippen LogP contribution in [0.2, 0.25) is 0 Å². The molecule has 1 aliphatic carbocycles. The molecule has 1 saturated heterocycles. The number of hydrogen-bond donors (Lipinski definition) is 2. The van der Waals surface area contributed by atoms with E-state index in [0.29, 0.717) is 24.0 Å². The molecular weight excluding hydrogens is 352 g/mol. The lowest BCUT2D eigenvalue weighted by Gasteiger charge is -2.44. The highest BCUT2D eigenvalue weighted by molar-refractivity contribution is 5.84. The molecule has 148 valence electrons. The van der Waals surface area contributed by atoms with Crippen molar-refractivity contribution in [3.63, 3.8) is 0 Å². The van der Waals surface area contributed by atoms with Crippen LogP contribution in [0.5, 0.6) is 5.75 Å². The maximum atomic E-state index is 12.4. The molecule has 2 aliphatic rings. The summed E-state index contributed by atoms with van der Waals surface area (Å²) in [5.74, 6) is 1.77. The normalized spacial score (nSPS) is 27.0. The molecule has 2 amide bonds. The van der Waals surface area contributed by atoms with Gasteiger partial charge in [-0.15, -0.1) is 0 Å². The summed E-state index contributed by atoms with van der Waals surface area (Å²) in [6.07, 6.45) is 4.53. The molecule has 0 aromatic heterocycles. The van der Waals surface area contributed by atoms with Crippen molar-refractivity contribution in [2.45, 2.75) is 51.1 Å². The summed E-state index contributed by atoms with van der Waals surface area (Å²) in [6.45, 7) is 2.17. The van der Waals surface area contributed by atoms with E-state index in [4.69, 9.17) is 4.74 Å². The summed E-state index contributed by atoms with van der Waals surface area (Å²) < 4.78 is 5.69. The Hall–Kier alpha value is -2.56. The fourth-order valence-electron chi connectivity index (χ4n) is 4.83. The molecule has 5 nitrogen and oxygen atoms in total. The molecule has 28 heavy (non-hydrogen) atoms. The van der Waals surface area contributed by atoms with Crippen LogP contribution < -0.4 is 15.4 Å². The van der Waals surface area contributed by atoms with Gasteiger partial charge in [-0.1, -0.05) is 43.7 Å². The van der Waals surface area contributed by atoms with Crippen LogP contribution in [0.4, 0.5) is 0 Å². The highest BCUT2D eigenvalue weighted by atomic mass is 16.5. The van der Waals surface area contributed by atoms with E-state index in [1.807, 2.05) is 36.4 Å². The molecule has 4 rings (SSSR count). The number of piperidine rings is 1. The highest BCUT2D eigenvalue weighted by Gasteiger charge is 2.40. The summed E-state index contributed by atoms with van der Waals surface area (Å²) in [7, 11) is 0. The summed E-state index contributed by atoms with van der Waals surface area (Å²) in [5.41, 5.74) is 0. The molecule has 1 saturated carbocycles. The van der Waals surface area contributed by atoms with E-state index in [9.17, 15) is 9.59 Å². The Morgan fingerprint density at radius 2 is 2.00 bits per heavy atom. The number of benzene rings is 2. The van der Waals surface area contributed by atoms with Gasteiger partial charge in [-0.05, 0) is 54.0 Å². The maximum absolute atomic E-state index is 12.4. The van der Waals surface area contributed by atoms with Gasteiger partial charge in [0, 0.05) is 18.5 Å². The summed E-state index contributed by atoms with van der Waals surface area (Å²) in [6, 6.07) is 14.2. The molecule has 1 heterocycles. The number of rotatable bonds is 5. The lowest BCUT2D eigenvalue weighted by atomic mass is 9.70. The molecule has 0 bridgehead atoms. The molecular formula is C23H28N2O3. The molecule has 0 radical (unpaired) electrons. The Kier molecular flexibility index (Phi) is 5.51. The van der Waals surface area contributed by atoms with Crippen molar-refractivity contribution in [2.24, 2.45) is 11.8 Å². The van der Waals surface area contributed by atoms with Crippen molar-refractivity contribution in [3.8, 4) is 5.75 Å². The zero-order valence-electron chi connectivity index (χ0n) is 16.3. The van der Waals surface area contributed by atoms with Gasteiger partial charge in [-0.3, -0.25) is 9.59 Å². The van der Waals surface area contributed by atoms with Crippen molar-refractivity contribution < 1.29 is 14.3 Å². The standard InChI is InChI=1S/C23H28N2O3/c1-2-15-12-22(26)25-21-13-18(8-10-20(15)21)24-23(27)14-28-19-9-7-16-5-3-4-6-17(16)11-19/h3-7,9,11,15,18,20-21H,2,8,10,12-14H2,1H3,(H,24,27)(H,25,26). The van der Waals surface area contributed by atoms with E-state index in [1.165, 1.54) is 0 Å². The van der Waals surface area contributed by atoms with E-state index in [1.54, 1.807) is 0 Å². The van der Waals surface area contributed by atoms with E-state index < -0.39 is 0 Å². The molecule has 2 aromatic carbocycles. The predicted octanol–water partition coefficient (Wildman–Crippen LogP) is 3.42. The van der Waals surface area contributed by atoms with Gasteiger partial charge < -0.3 is 15.4 Å². The van der Waals surface area contributed by atoms with Crippen LogP contribution in [-0.2, 0) is 9.59 Å². The third-order valence-corrected chi connectivity index (χ3v) is 6.28. The van der Waals surface area contributed by atoms with Crippen molar-refractivity contribution >= 4 is 22.6 Å². The molecule has 0 spiro atoms. The first kappa shape index (κ1) is 18.8. The van der Waals surface area contributed by atoms with Gasteiger partial charge in [0.2, 0.25) is 5.91 Å². The topological polar surface area (TPSA) is 67.4 Å². The molecule has 2 N–H and O–H groups in total. The van der Waals surface area contributed by atoms with Crippen molar-refractivity contribution in [2.75, 3.05) is 6.61 Å². The minimum Gasteiger partial charge on any atom is -0.484 e. The van der Waals surface area contributed by atoms with E-state index in [0.717, 1.165) is 36.5 Å². The second kappa shape index (κ2) is 8.21. The number of carbonyl (C=O) groups excluding carboxylic acids is 2. The van der Waals surface area contributed by atoms with Crippen LogP contribution in [0.15, 0.2) is 42.5 Å². The van der Waals surface area contributed by atoms with Gasteiger partial charge >= 0.3 is 0 Å². The Labute approximate surface area is 165 Å². The van der Waals surface area contributed by atoms with Crippen LogP contribution in [0, 0.1) is 11.8 Å². The van der Waals surface area contributed by atoms with Gasteiger partial charge in [0.25, 0.3) is 5.91 Å². The Bertz CT molecular complexity index is 866. The fraction of sp³-hybridized carbons (Fsp3) is 0.478. The predicted molar refractivity (Wildman–Crippen MR) is 109 cm³/mol. The summed E-state index contributed by atoms with van der Waals surface area (Å²) >= 11 is 0. The Morgan fingerprint density at radius 3 is 2.82 bits per heavy atom. The second-order valence-electron chi connectivity index (χ2n) is 8.09. The first-order chi connectivity index (χ1) is 13.6. The van der Waals surface area contributed by atoms with Gasteiger partial charge in [-0.2, -0.15) is 0 Å². The number of nitrogens with one attached hydrogen (secondary N) is 2. The Balaban J connectivity index is 1.29. The molecule has 1 aliphatic heterocycles. The summed E-state index contributed by atoms with van der Waals surface area (Å²) in [5, 5.41) is 8.47. The third-order valence-electron chi connectivity index (χ3n) is 6.28. The van der Waals surface area contributed by atoms with E-state index in [-0.39, 0.29) is 30.5 Å². The maximum Gasteiger partial charge on any atom is 0.258 e. The van der Waals surface area contributed by atoms with E-state index in [2.05, 4.69) is 23.6 Å². The molecule has 2 aromatic rings.